The lowest BCUT2D eigenvalue weighted by atomic mass is 9.53. The van der Waals surface area contributed by atoms with Crippen LogP contribution in [0.15, 0.2) is 0 Å². The van der Waals surface area contributed by atoms with Crippen LogP contribution in [0.5, 0.6) is 0 Å². The Morgan fingerprint density at radius 1 is 1.30 bits per heavy atom. The smallest absolute Gasteiger partial charge is 0.225 e. The highest BCUT2D eigenvalue weighted by molar-refractivity contribution is 7.92. The van der Waals surface area contributed by atoms with Gasteiger partial charge in [-0.3, -0.25) is 4.79 Å². The lowest BCUT2D eigenvalue weighted by Gasteiger charge is -2.53. The Morgan fingerprint density at radius 3 is 2.55 bits per heavy atom. The molecule has 6 atom stereocenters. The molecule has 1 aromatic heterocycles. The molecule has 33 heavy (non-hydrogen) atoms. The van der Waals surface area contributed by atoms with Crippen molar-refractivity contribution < 1.29 is 18.3 Å². The lowest BCUT2D eigenvalue weighted by molar-refractivity contribution is -0.143. The molecule has 1 aliphatic heterocycles. The van der Waals surface area contributed by atoms with Gasteiger partial charge in [-0.15, -0.1) is 11.3 Å². The standard InChI is InChI=1S/C25H40N2O4S2/c1-15(23(29)27-11-7-8-12-27)17-9-10-25(6)13-18-21(16(2)20(25)22(17)28)26-19(32-18)14-33(30,31)24(3,4)5/h15-17,20,22,28H,7-14H2,1-6H3/t15-,16-,17+,20+,22-,25-/m0/s1. The van der Waals surface area contributed by atoms with Gasteiger partial charge in [0.25, 0.3) is 0 Å². The third kappa shape index (κ3) is 4.40. The van der Waals surface area contributed by atoms with Crippen molar-refractivity contribution in [1.29, 1.82) is 0 Å². The number of fused-ring (bicyclic) bond motifs is 2. The van der Waals surface area contributed by atoms with E-state index in [2.05, 4.69) is 13.8 Å². The van der Waals surface area contributed by atoms with Gasteiger partial charge in [0.2, 0.25) is 5.91 Å². The van der Waals surface area contributed by atoms with E-state index in [0.717, 1.165) is 50.9 Å². The Hall–Kier alpha value is -0.990. The molecular weight excluding hydrogens is 456 g/mol. The van der Waals surface area contributed by atoms with Crippen molar-refractivity contribution in [3.8, 4) is 0 Å². The fraction of sp³-hybridized carbons (Fsp3) is 0.840. The van der Waals surface area contributed by atoms with E-state index in [0.29, 0.717) is 5.01 Å². The minimum atomic E-state index is -3.30. The van der Waals surface area contributed by atoms with Gasteiger partial charge in [-0.1, -0.05) is 20.8 Å². The molecule has 1 amide bonds. The third-order valence-corrected chi connectivity index (χ3v) is 12.4. The molecule has 4 rings (SSSR count). The minimum absolute atomic E-state index is 0.0201. The van der Waals surface area contributed by atoms with Gasteiger partial charge in [0.05, 0.1) is 16.5 Å². The number of hydrogen-bond acceptors (Lipinski definition) is 6. The molecule has 1 saturated carbocycles. The number of aromatic nitrogens is 1. The largest absolute Gasteiger partial charge is 0.392 e. The van der Waals surface area contributed by atoms with Gasteiger partial charge in [-0.05, 0) is 70.1 Å². The summed E-state index contributed by atoms with van der Waals surface area (Å²) in [6, 6.07) is 0. The molecule has 0 bridgehead atoms. The van der Waals surface area contributed by atoms with E-state index in [-0.39, 0.29) is 40.7 Å². The predicted molar refractivity (Wildman–Crippen MR) is 132 cm³/mol. The third-order valence-electron chi connectivity index (χ3n) is 8.66. The summed E-state index contributed by atoms with van der Waals surface area (Å²) in [5, 5.41) is 12.3. The molecule has 1 aromatic rings. The second-order valence-electron chi connectivity index (χ2n) is 11.9. The summed E-state index contributed by atoms with van der Waals surface area (Å²) < 4.78 is 24.7. The maximum Gasteiger partial charge on any atom is 0.225 e. The minimum Gasteiger partial charge on any atom is -0.392 e. The first-order valence-electron chi connectivity index (χ1n) is 12.4. The number of hydrogen-bond donors (Lipinski definition) is 1. The SMILES string of the molecule is C[C@H](C(=O)N1CCCC1)[C@H]1CC[C@@]2(C)Cc3sc(CS(=O)(=O)C(C)(C)C)nc3[C@@H](C)[C@@H]2[C@H]1O. The Morgan fingerprint density at radius 2 is 1.94 bits per heavy atom. The van der Waals surface area contributed by atoms with E-state index in [1.54, 1.807) is 20.8 Å². The molecule has 8 heteroatoms. The first-order chi connectivity index (χ1) is 15.2. The van der Waals surface area contributed by atoms with Crippen molar-refractivity contribution in [2.75, 3.05) is 13.1 Å². The quantitative estimate of drug-likeness (QED) is 0.676. The Kier molecular flexibility index (Phi) is 6.54. The highest BCUT2D eigenvalue weighted by Crippen LogP contribution is 2.57. The van der Waals surface area contributed by atoms with Gasteiger partial charge in [0, 0.05) is 29.8 Å². The molecule has 0 spiro atoms. The summed E-state index contributed by atoms with van der Waals surface area (Å²) in [6.07, 6.45) is 4.22. The normalized spacial score (nSPS) is 33.5. The van der Waals surface area contributed by atoms with Crippen LogP contribution in [-0.2, 0) is 26.8 Å². The van der Waals surface area contributed by atoms with Crippen molar-refractivity contribution in [3.05, 3.63) is 15.6 Å². The molecule has 1 saturated heterocycles. The molecule has 2 heterocycles. The van der Waals surface area contributed by atoms with Gasteiger partial charge in [0.15, 0.2) is 9.84 Å². The number of carbonyl (C=O) groups is 1. The fourth-order valence-corrected chi connectivity index (χ4v) is 9.14. The van der Waals surface area contributed by atoms with Crippen LogP contribution in [0.1, 0.15) is 88.7 Å². The van der Waals surface area contributed by atoms with Crippen LogP contribution in [0, 0.1) is 23.2 Å². The number of rotatable bonds is 4. The summed E-state index contributed by atoms with van der Waals surface area (Å²) >= 11 is 1.53. The number of aliphatic hydroxyl groups is 1. The second-order valence-corrected chi connectivity index (χ2v) is 15.9. The summed E-state index contributed by atoms with van der Waals surface area (Å²) in [7, 11) is -3.30. The van der Waals surface area contributed by atoms with Crippen LogP contribution in [0.4, 0.5) is 0 Å². The molecule has 0 unspecified atom stereocenters. The molecule has 1 N–H and O–H groups in total. The number of sulfone groups is 1. The zero-order valence-electron chi connectivity index (χ0n) is 20.9. The fourth-order valence-electron chi connectivity index (χ4n) is 6.45. The van der Waals surface area contributed by atoms with E-state index < -0.39 is 20.7 Å². The first kappa shape index (κ1) is 25.1. The molecule has 186 valence electrons. The highest BCUT2D eigenvalue weighted by Gasteiger charge is 2.54. The van der Waals surface area contributed by atoms with Gasteiger partial charge < -0.3 is 10.0 Å². The number of nitrogens with zero attached hydrogens (tertiary/aromatic N) is 2. The summed E-state index contributed by atoms with van der Waals surface area (Å²) in [5.74, 6) is -0.0134. The van der Waals surface area contributed by atoms with E-state index in [4.69, 9.17) is 4.98 Å². The highest BCUT2D eigenvalue weighted by atomic mass is 32.2. The van der Waals surface area contributed by atoms with Gasteiger partial charge in [-0.2, -0.15) is 0 Å². The zero-order valence-corrected chi connectivity index (χ0v) is 22.6. The lowest BCUT2D eigenvalue weighted by Crippen LogP contribution is -2.53. The van der Waals surface area contributed by atoms with Crippen molar-refractivity contribution in [1.82, 2.24) is 9.88 Å². The van der Waals surface area contributed by atoms with Crippen LogP contribution < -0.4 is 0 Å². The zero-order chi connectivity index (χ0) is 24.3. The molecule has 2 aliphatic carbocycles. The predicted octanol–water partition coefficient (Wildman–Crippen LogP) is 4.17. The molecule has 2 fully saturated rings. The number of aliphatic hydroxyl groups excluding tert-OH is 1. The van der Waals surface area contributed by atoms with Crippen molar-refractivity contribution in [2.45, 2.75) is 96.2 Å². The Labute approximate surface area is 203 Å². The number of carbonyl (C=O) groups excluding carboxylic acids is 1. The molecule has 6 nitrogen and oxygen atoms in total. The maximum absolute atomic E-state index is 13.1. The Bertz CT molecular complexity index is 1010. The van der Waals surface area contributed by atoms with Gasteiger partial charge >= 0.3 is 0 Å². The van der Waals surface area contributed by atoms with Crippen molar-refractivity contribution in [2.24, 2.45) is 23.2 Å². The molecule has 0 radical (unpaired) electrons. The molecule has 3 aliphatic rings. The van der Waals surface area contributed by atoms with E-state index >= 15 is 0 Å². The van der Waals surface area contributed by atoms with E-state index in [9.17, 15) is 18.3 Å². The number of likely N-dealkylation sites (tertiary alicyclic amines) is 1. The summed E-state index contributed by atoms with van der Waals surface area (Å²) in [6.45, 7) is 13.3. The van der Waals surface area contributed by atoms with E-state index in [1.807, 2.05) is 11.8 Å². The maximum atomic E-state index is 13.1. The van der Waals surface area contributed by atoms with Crippen LogP contribution in [0.3, 0.4) is 0 Å². The number of amides is 1. The van der Waals surface area contributed by atoms with Gasteiger partial charge in [-0.25, -0.2) is 13.4 Å². The van der Waals surface area contributed by atoms with Crippen LogP contribution in [-0.4, -0.2) is 53.3 Å². The van der Waals surface area contributed by atoms with Crippen LogP contribution >= 0.6 is 11.3 Å². The molecule has 0 aromatic carbocycles. The topological polar surface area (TPSA) is 87.6 Å². The summed E-state index contributed by atoms with van der Waals surface area (Å²) in [5.41, 5.74) is 0.894. The van der Waals surface area contributed by atoms with Crippen LogP contribution in [0.25, 0.3) is 0 Å². The molecular formula is C25H40N2O4S2. The Balaban J connectivity index is 1.58. The van der Waals surface area contributed by atoms with Crippen molar-refractivity contribution >= 4 is 27.1 Å². The average Bonchev–Trinajstić information content (AvgIpc) is 3.35. The monoisotopic (exact) mass is 496 g/mol. The van der Waals surface area contributed by atoms with Crippen LogP contribution in [0.2, 0.25) is 0 Å². The summed E-state index contributed by atoms with van der Waals surface area (Å²) in [4.78, 5) is 21.0. The number of thiazole rings is 1. The average molecular weight is 497 g/mol. The second kappa shape index (κ2) is 8.59. The first-order valence-corrected chi connectivity index (χ1v) is 14.9. The van der Waals surface area contributed by atoms with Crippen molar-refractivity contribution in [3.63, 3.8) is 0 Å². The van der Waals surface area contributed by atoms with E-state index in [1.165, 1.54) is 16.2 Å². The van der Waals surface area contributed by atoms with Gasteiger partial charge in [0.1, 0.15) is 10.8 Å².